The summed E-state index contributed by atoms with van der Waals surface area (Å²) in [7, 11) is 13.0. The van der Waals surface area contributed by atoms with Crippen molar-refractivity contribution in [1.82, 2.24) is 10.2 Å². The van der Waals surface area contributed by atoms with Gasteiger partial charge in [0.2, 0.25) is 0 Å². The smallest absolute Gasteiger partial charge is 0.0351 e. The lowest BCUT2D eigenvalue weighted by molar-refractivity contribution is 0.277. The summed E-state index contributed by atoms with van der Waals surface area (Å²) in [6.45, 7) is 4.25. The molecular weight excluding hydrogens is 200 g/mol. The molecule has 0 spiro atoms. The van der Waals surface area contributed by atoms with Crippen LogP contribution in [-0.4, -0.2) is 54.4 Å². The molecule has 0 aromatic heterocycles. The maximum Gasteiger partial charge on any atom is 0.0351 e. The van der Waals surface area contributed by atoms with Gasteiger partial charge in [-0.1, -0.05) is 42.5 Å². The number of ether oxygens (including phenoxy) is 1. The van der Waals surface area contributed by atoms with Crippen LogP contribution in [0.1, 0.15) is 42.5 Å². The Balaban J connectivity index is -0.0000000128. The summed E-state index contributed by atoms with van der Waals surface area (Å²) in [5, 5.41) is 2.75. The van der Waals surface area contributed by atoms with Crippen LogP contribution in [-0.2, 0) is 4.74 Å². The van der Waals surface area contributed by atoms with Gasteiger partial charge in [0.25, 0.3) is 0 Å². The number of hydrogen-bond acceptors (Lipinski definition) is 3. The summed E-state index contributed by atoms with van der Waals surface area (Å²) in [6.07, 6.45) is 1.25. The first-order valence-electron chi connectivity index (χ1n) is 4.57. The molecule has 0 atom stereocenters. The lowest BCUT2D eigenvalue weighted by atomic mass is 10.6. The van der Waals surface area contributed by atoms with E-state index in [4.69, 9.17) is 0 Å². The minimum Gasteiger partial charge on any atom is -0.388 e. The number of methoxy groups -OCH3 is 1. The van der Waals surface area contributed by atoms with E-state index < -0.39 is 0 Å². The van der Waals surface area contributed by atoms with Crippen LogP contribution >= 0.6 is 0 Å². The van der Waals surface area contributed by atoms with Crippen LogP contribution in [0.15, 0.2) is 0 Å². The van der Waals surface area contributed by atoms with Gasteiger partial charge >= 0.3 is 0 Å². The van der Waals surface area contributed by atoms with E-state index in [0.717, 1.165) is 0 Å². The van der Waals surface area contributed by atoms with Crippen LogP contribution in [0.2, 0.25) is 0 Å². The fraction of sp³-hybridized carbons (Fsp3) is 1.00. The molecule has 0 aromatic carbocycles. The molecule has 16 heavy (non-hydrogen) atoms. The molecule has 0 saturated heterocycles. The third-order valence-corrected chi connectivity index (χ3v) is 0. The first-order chi connectivity index (χ1) is 5.97. The maximum absolute atomic E-state index is 4.25. The van der Waals surface area contributed by atoms with Crippen molar-refractivity contribution < 1.29 is 4.74 Å². The van der Waals surface area contributed by atoms with Crippen LogP contribution in [0.25, 0.3) is 0 Å². The van der Waals surface area contributed by atoms with E-state index in [-0.39, 0.29) is 22.3 Å². The first kappa shape index (κ1) is 44.6. The first-order valence-corrected chi connectivity index (χ1v) is 4.57. The second-order valence-corrected chi connectivity index (χ2v) is 2.96. The van der Waals surface area contributed by atoms with E-state index in [0.29, 0.717) is 0 Å². The molecule has 0 aliphatic heterocycles. The Hall–Kier alpha value is -0.120. The van der Waals surface area contributed by atoms with Gasteiger partial charge in [-0.15, -0.1) is 0 Å². The normalized spacial score (nSPS) is 5.62. The number of hydrogen-bond donors (Lipinski definition) is 1. The Kier molecular flexibility index (Phi) is 231. The van der Waals surface area contributed by atoms with Crippen molar-refractivity contribution in [3.05, 3.63) is 0 Å². The molecule has 0 aliphatic carbocycles. The molecule has 0 rings (SSSR count). The molecule has 0 aliphatic rings. The highest BCUT2D eigenvalue weighted by molar-refractivity contribution is 4.09. The zero-order valence-electron chi connectivity index (χ0n) is 11.1. The highest BCUT2D eigenvalue weighted by atomic mass is 16.4. The van der Waals surface area contributed by atoms with Gasteiger partial charge in [0.05, 0.1) is 0 Å². The molecule has 0 heterocycles. The predicted molar refractivity (Wildman–Crippen MR) is 83.7 cm³/mol. The lowest BCUT2D eigenvalue weighted by Crippen LogP contribution is -1.99. The summed E-state index contributed by atoms with van der Waals surface area (Å²) < 4.78 is 4.25. The average molecular weight is 242 g/mol. The molecule has 3 heteroatoms. The molecule has 110 valence electrons. The van der Waals surface area contributed by atoms with Crippen LogP contribution in [0.5, 0.6) is 0 Å². The van der Waals surface area contributed by atoms with Gasteiger partial charge in [-0.25, -0.2) is 0 Å². The van der Waals surface area contributed by atoms with Crippen molar-refractivity contribution in [2.45, 2.75) is 42.5 Å². The average Bonchev–Trinajstić information content (AvgIpc) is 1.88. The van der Waals surface area contributed by atoms with E-state index in [1.54, 1.807) is 14.2 Å². The second-order valence-electron chi connectivity index (χ2n) is 2.96. The summed E-state index contributed by atoms with van der Waals surface area (Å²) in [5.74, 6) is 0. The van der Waals surface area contributed by atoms with Crippen molar-refractivity contribution in [2.75, 3.05) is 49.5 Å². The van der Waals surface area contributed by atoms with Gasteiger partial charge in [-0.2, -0.15) is 0 Å². The van der Waals surface area contributed by atoms with Gasteiger partial charge in [0.15, 0.2) is 0 Å². The highest BCUT2D eigenvalue weighted by Crippen LogP contribution is 1.56. The molecule has 0 aromatic rings. The van der Waals surface area contributed by atoms with Crippen LogP contribution in [0.4, 0.5) is 0 Å². The third-order valence-electron chi connectivity index (χ3n) is 0. The Labute approximate surface area is 108 Å². The molecule has 0 amide bonds. The Morgan fingerprint density at radius 2 is 0.875 bits per heavy atom. The van der Waals surface area contributed by atoms with Crippen LogP contribution < -0.4 is 5.32 Å². The molecule has 0 radical (unpaired) electrons. The van der Waals surface area contributed by atoms with E-state index in [2.05, 4.69) is 23.9 Å². The second kappa shape index (κ2) is 82.9. The van der Waals surface area contributed by atoms with E-state index in [1.807, 2.05) is 40.1 Å². The zero-order valence-corrected chi connectivity index (χ0v) is 11.1. The maximum atomic E-state index is 4.25. The fourth-order valence-electron chi connectivity index (χ4n) is 0. The Bertz CT molecular complexity index is 35.4. The van der Waals surface area contributed by atoms with E-state index in [9.17, 15) is 0 Å². The minimum absolute atomic E-state index is 0. The molecule has 0 unspecified atom stereocenters. The predicted octanol–water partition coefficient (Wildman–Crippen LogP) is 3.60. The Morgan fingerprint density at radius 1 is 0.875 bits per heavy atom. The molecule has 3 nitrogen and oxygen atoms in total. The topological polar surface area (TPSA) is 24.5 Å². The highest BCUT2D eigenvalue weighted by Gasteiger charge is 1.58. The molecule has 0 saturated carbocycles. The van der Waals surface area contributed by atoms with Gasteiger partial charge in [0, 0.05) is 14.2 Å². The van der Waals surface area contributed by atoms with Crippen molar-refractivity contribution in [2.24, 2.45) is 0 Å². The largest absolute Gasteiger partial charge is 0.388 e. The monoisotopic (exact) mass is 242 g/mol. The van der Waals surface area contributed by atoms with E-state index in [1.165, 1.54) is 6.42 Å². The zero-order chi connectivity index (χ0) is 11.7. The van der Waals surface area contributed by atoms with Crippen molar-refractivity contribution in [3.8, 4) is 0 Å². The number of rotatable bonds is 0. The van der Waals surface area contributed by atoms with Gasteiger partial charge in [0.1, 0.15) is 0 Å². The Morgan fingerprint density at radius 3 is 0.875 bits per heavy atom. The molecule has 0 fully saturated rings. The quantitative estimate of drug-likeness (QED) is 0.702. The molecular formula is C13H42N2O. The van der Waals surface area contributed by atoms with Gasteiger partial charge < -0.3 is 15.0 Å². The summed E-state index contributed by atoms with van der Waals surface area (Å²) in [5.41, 5.74) is 0. The van der Waals surface area contributed by atoms with E-state index >= 15 is 0 Å². The number of nitrogens with one attached hydrogen (secondary N) is 1. The third kappa shape index (κ3) is 160000. The van der Waals surface area contributed by atoms with Gasteiger partial charge in [-0.05, 0) is 35.2 Å². The summed E-state index contributed by atoms with van der Waals surface area (Å²) in [6, 6.07) is 0. The van der Waals surface area contributed by atoms with Crippen LogP contribution in [0.3, 0.4) is 0 Å². The summed E-state index contributed by atoms with van der Waals surface area (Å²) >= 11 is 0. The standard InChI is InChI=1S/C3H9N.C3H8.C2H7N.C2H6O.3CH4/c1-4(2)3;3*1-3-2;;;/h1-3H3;3H2,1-2H3;3H,1-2H3;1-2H3;3*1H4. The van der Waals surface area contributed by atoms with Crippen molar-refractivity contribution >= 4 is 0 Å². The van der Waals surface area contributed by atoms with Crippen LogP contribution in [0, 0.1) is 0 Å². The lowest BCUT2D eigenvalue weighted by Gasteiger charge is -1.90. The minimum atomic E-state index is 0. The van der Waals surface area contributed by atoms with Gasteiger partial charge in [-0.3, -0.25) is 0 Å². The van der Waals surface area contributed by atoms with Crippen molar-refractivity contribution in [1.29, 1.82) is 0 Å². The SMILES string of the molecule is C.C.C.CCC.CN(C)C.CNC.COC. The summed E-state index contributed by atoms with van der Waals surface area (Å²) in [4.78, 5) is 2.00. The fourth-order valence-corrected chi connectivity index (χ4v) is 0. The molecule has 1 N–H and O–H groups in total. The molecule has 0 bridgehead atoms. The number of nitrogens with zero attached hydrogens (tertiary/aromatic N) is 1. The van der Waals surface area contributed by atoms with Crippen molar-refractivity contribution in [3.63, 3.8) is 0 Å².